The zero-order valence-electron chi connectivity index (χ0n) is 6.56. The molecule has 4 atom stereocenters. The van der Waals surface area contributed by atoms with Gasteiger partial charge < -0.3 is 0 Å². The zero-order chi connectivity index (χ0) is 8.43. The number of hydrogen-bond acceptors (Lipinski definition) is 0. The minimum absolute atomic E-state index is 0.189. The van der Waals surface area contributed by atoms with Gasteiger partial charge in [-0.15, -0.1) is 11.6 Å². The summed E-state index contributed by atoms with van der Waals surface area (Å²) < 4.78 is 25.3. The van der Waals surface area contributed by atoms with E-state index < -0.39 is 24.1 Å². The fourth-order valence-corrected chi connectivity index (χ4v) is 1.86. The Kier molecular flexibility index (Phi) is 3.11. The molecule has 11 heavy (non-hydrogen) atoms. The maximum Gasteiger partial charge on any atom is 0.122 e. The molecular weight excluding hydrogens is 170 g/mol. The predicted octanol–water partition coefficient (Wildman–Crippen LogP) is 2.95. The molecule has 3 heteroatoms. The van der Waals surface area contributed by atoms with Gasteiger partial charge in [0.25, 0.3) is 0 Å². The molecule has 66 valence electrons. The molecular formula is C8H13ClF2. The highest BCUT2D eigenvalue weighted by molar-refractivity contribution is 6.21. The molecule has 0 radical (unpaired) electrons. The van der Waals surface area contributed by atoms with E-state index in [4.69, 9.17) is 11.6 Å². The molecule has 1 fully saturated rings. The smallest absolute Gasteiger partial charge is 0.122 e. The molecule has 0 nitrogen and oxygen atoms in total. The summed E-state index contributed by atoms with van der Waals surface area (Å²) in [5.74, 6) is -0.261. The molecule has 0 saturated heterocycles. The monoisotopic (exact) mass is 182 g/mol. The topological polar surface area (TPSA) is 0 Å². The van der Waals surface area contributed by atoms with Crippen LogP contribution >= 0.6 is 11.6 Å². The maximum absolute atomic E-state index is 13.1. The van der Waals surface area contributed by atoms with E-state index in [9.17, 15) is 8.78 Å². The highest BCUT2D eigenvalue weighted by atomic mass is 35.5. The van der Waals surface area contributed by atoms with Gasteiger partial charge in [0.2, 0.25) is 0 Å². The molecule has 0 N–H and O–H groups in total. The van der Waals surface area contributed by atoms with Crippen molar-refractivity contribution in [2.75, 3.05) is 6.67 Å². The van der Waals surface area contributed by atoms with E-state index in [2.05, 4.69) is 0 Å². The molecule has 0 heterocycles. The molecule has 1 aliphatic carbocycles. The lowest BCUT2D eigenvalue weighted by Gasteiger charge is -2.32. The lowest BCUT2D eigenvalue weighted by molar-refractivity contribution is 0.116. The van der Waals surface area contributed by atoms with Crippen molar-refractivity contribution in [2.24, 2.45) is 11.8 Å². The SMILES string of the molecule is CC1CCC(CF)C(F)C1Cl. The standard InChI is InChI=1S/C8H13ClF2/c1-5-2-3-6(4-10)8(11)7(5)9/h5-8H,2-4H2,1H3. The van der Waals surface area contributed by atoms with E-state index in [1.165, 1.54) is 0 Å². The van der Waals surface area contributed by atoms with Crippen molar-refractivity contribution < 1.29 is 8.78 Å². The van der Waals surface area contributed by atoms with Gasteiger partial charge in [0.15, 0.2) is 0 Å². The first-order valence-electron chi connectivity index (χ1n) is 4.01. The quantitative estimate of drug-likeness (QED) is 0.547. The van der Waals surface area contributed by atoms with Gasteiger partial charge >= 0.3 is 0 Å². The van der Waals surface area contributed by atoms with Crippen LogP contribution in [-0.4, -0.2) is 18.2 Å². The second-order valence-electron chi connectivity index (χ2n) is 3.36. The van der Waals surface area contributed by atoms with Gasteiger partial charge in [-0.05, 0) is 18.8 Å². The van der Waals surface area contributed by atoms with Crippen LogP contribution in [0.5, 0.6) is 0 Å². The highest BCUT2D eigenvalue weighted by Gasteiger charge is 2.36. The van der Waals surface area contributed by atoms with Crippen molar-refractivity contribution in [3.63, 3.8) is 0 Å². The second kappa shape index (κ2) is 3.70. The van der Waals surface area contributed by atoms with Crippen molar-refractivity contribution in [3.05, 3.63) is 0 Å². The lowest BCUT2D eigenvalue weighted by atomic mass is 9.82. The lowest BCUT2D eigenvalue weighted by Crippen LogP contribution is -2.37. The molecule has 0 aromatic heterocycles. The first-order chi connectivity index (χ1) is 5.16. The Hall–Kier alpha value is 0.150. The van der Waals surface area contributed by atoms with E-state index in [1.807, 2.05) is 6.92 Å². The molecule has 0 aliphatic heterocycles. The van der Waals surface area contributed by atoms with Crippen molar-refractivity contribution in [2.45, 2.75) is 31.3 Å². The van der Waals surface area contributed by atoms with Crippen LogP contribution in [0.1, 0.15) is 19.8 Å². The minimum Gasteiger partial charge on any atom is -0.251 e. The highest BCUT2D eigenvalue weighted by Crippen LogP contribution is 2.34. The van der Waals surface area contributed by atoms with E-state index >= 15 is 0 Å². The average molecular weight is 183 g/mol. The van der Waals surface area contributed by atoms with Gasteiger partial charge in [0, 0.05) is 5.92 Å². The van der Waals surface area contributed by atoms with Crippen LogP contribution in [0.2, 0.25) is 0 Å². The fraction of sp³-hybridized carbons (Fsp3) is 1.00. The molecule has 0 amide bonds. The van der Waals surface area contributed by atoms with E-state index in [0.717, 1.165) is 6.42 Å². The summed E-state index contributed by atoms with van der Waals surface area (Å²) >= 11 is 5.75. The Morgan fingerprint density at radius 1 is 1.45 bits per heavy atom. The summed E-state index contributed by atoms with van der Waals surface area (Å²) in [7, 11) is 0. The molecule has 0 aromatic carbocycles. The van der Waals surface area contributed by atoms with Crippen LogP contribution in [0.3, 0.4) is 0 Å². The van der Waals surface area contributed by atoms with Crippen molar-refractivity contribution in [1.29, 1.82) is 0 Å². The fourth-order valence-electron chi connectivity index (χ4n) is 1.53. The first-order valence-corrected chi connectivity index (χ1v) is 4.44. The summed E-state index contributed by atoms with van der Waals surface area (Å²) in [6.45, 7) is 1.34. The number of halogens is 3. The van der Waals surface area contributed by atoms with Crippen LogP contribution in [0.25, 0.3) is 0 Å². The van der Waals surface area contributed by atoms with Crippen LogP contribution in [0.4, 0.5) is 8.78 Å². The number of alkyl halides is 3. The molecule has 1 saturated carbocycles. The third-order valence-electron chi connectivity index (χ3n) is 2.49. The molecule has 4 unspecified atom stereocenters. The van der Waals surface area contributed by atoms with Crippen LogP contribution in [0.15, 0.2) is 0 Å². The Bertz CT molecular complexity index is 127. The van der Waals surface area contributed by atoms with E-state index in [0.29, 0.717) is 6.42 Å². The summed E-state index contributed by atoms with van der Waals surface area (Å²) in [4.78, 5) is 0. The Labute approximate surface area is 70.9 Å². The Morgan fingerprint density at radius 2 is 2.09 bits per heavy atom. The second-order valence-corrected chi connectivity index (χ2v) is 3.86. The molecule has 0 bridgehead atoms. The first kappa shape index (κ1) is 9.24. The molecule has 0 spiro atoms. The minimum atomic E-state index is -1.15. The Morgan fingerprint density at radius 3 is 2.64 bits per heavy atom. The van der Waals surface area contributed by atoms with Gasteiger partial charge in [-0.1, -0.05) is 6.92 Å². The Balaban J connectivity index is 2.52. The van der Waals surface area contributed by atoms with E-state index in [-0.39, 0.29) is 5.92 Å². The average Bonchev–Trinajstić information content (AvgIpc) is 2.01. The largest absolute Gasteiger partial charge is 0.251 e. The van der Waals surface area contributed by atoms with E-state index in [1.54, 1.807) is 0 Å². The molecule has 1 aliphatic rings. The van der Waals surface area contributed by atoms with Gasteiger partial charge in [-0.2, -0.15) is 0 Å². The van der Waals surface area contributed by atoms with Crippen molar-refractivity contribution >= 4 is 11.6 Å². The molecule has 1 rings (SSSR count). The third kappa shape index (κ3) is 1.84. The van der Waals surface area contributed by atoms with Gasteiger partial charge in [-0.25, -0.2) is 4.39 Å². The maximum atomic E-state index is 13.1. The number of rotatable bonds is 1. The predicted molar refractivity (Wildman–Crippen MR) is 42.4 cm³/mol. The van der Waals surface area contributed by atoms with Crippen molar-refractivity contribution in [1.82, 2.24) is 0 Å². The van der Waals surface area contributed by atoms with Gasteiger partial charge in [0.1, 0.15) is 6.17 Å². The van der Waals surface area contributed by atoms with Gasteiger partial charge in [-0.3, -0.25) is 4.39 Å². The molecule has 0 aromatic rings. The summed E-state index contributed by atoms with van der Waals surface area (Å²) in [5, 5.41) is -0.482. The summed E-state index contributed by atoms with van der Waals surface area (Å²) in [6.07, 6.45) is 0.344. The van der Waals surface area contributed by atoms with Crippen LogP contribution in [0, 0.1) is 11.8 Å². The van der Waals surface area contributed by atoms with Gasteiger partial charge in [0.05, 0.1) is 12.1 Å². The third-order valence-corrected chi connectivity index (χ3v) is 3.16. The number of hydrogen-bond donors (Lipinski definition) is 0. The summed E-state index contributed by atoms with van der Waals surface area (Å²) in [6, 6.07) is 0. The van der Waals surface area contributed by atoms with Crippen molar-refractivity contribution in [3.8, 4) is 0 Å². The summed E-state index contributed by atoms with van der Waals surface area (Å²) in [5.41, 5.74) is 0. The van der Waals surface area contributed by atoms with Crippen LogP contribution in [-0.2, 0) is 0 Å². The zero-order valence-corrected chi connectivity index (χ0v) is 7.32. The normalized spacial score (nSPS) is 45.8. The van der Waals surface area contributed by atoms with Crippen LogP contribution < -0.4 is 0 Å².